The van der Waals surface area contributed by atoms with Gasteiger partial charge in [-0.15, -0.1) is 0 Å². The molecule has 1 atom stereocenters. The van der Waals surface area contributed by atoms with Gasteiger partial charge in [-0.05, 0) is 62.5 Å². The van der Waals surface area contributed by atoms with E-state index in [0.717, 1.165) is 37.9 Å². The van der Waals surface area contributed by atoms with Crippen molar-refractivity contribution in [2.75, 3.05) is 13.1 Å². The van der Waals surface area contributed by atoms with Gasteiger partial charge in [0, 0.05) is 23.0 Å². The van der Waals surface area contributed by atoms with Crippen LogP contribution in [0.15, 0.2) is 42.5 Å². The van der Waals surface area contributed by atoms with Crippen LogP contribution in [0.3, 0.4) is 0 Å². The molecule has 1 unspecified atom stereocenters. The summed E-state index contributed by atoms with van der Waals surface area (Å²) in [6, 6.07) is 13.2. The van der Waals surface area contributed by atoms with Gasteiger partial charge in [0.1, 0.15) is 5.82 Å². The normalized spacial score (nSPS) is 16.7. The number of amides is 1. The molecular weight excluding hydrogens is 375 g/mol. The molecular formula is C23H28ClFN2O. The summed E-state index contributed by atoms with van der Waals surface area (Å²) in [5, 5.41) is 3.56. The van der Waals surface area contributed by atoms with E-state index in [0.29, 0.717) is 17.1 Å². The van der Waals surface area contributed by atoms with Gasteiger partial charge in [0.05, 0.1) is 6.04 Å². The van der Waals surface area contributed by atoms with Crippen molar-refractivity contribution in [3.8, 4) is 0 Å². The second kappa shape index (κ2) is 9.53. The Morgan fingerprint density at radius 1 is 1.21 bits per heavy atom. The molecule has 0 aromatic heterocycles. The minimum absolute atomic E-state index is 0.000371. The molecule has 1 aliphatic rings. The van der Waals surface area contributed by atoms with Crippen LogP contribution in [-0.2, 0) is 17.8 Å². The molecule has 1 amide bonds. The molecule has 2 aromatic rings. The summed E-state index contributed by atoms with van der Waals surface area (Å²) in [6.07, 6.45) is 2.60. The van der Waals surface area contributed by atoms with Crippen molar-refractivity contribution in [2.45, 2.75) is 45.7 Å². The zero-order chi connectivity index (χ0) is 20.1. The molecule has 0 bridgehead atoms. The third-order valence-electron chi connectivity index (χ3n) is 5.61. The minimum Gasteiger partial charge on any atom is -0.349 e. The monoisotopic (exact) mass is 402 g/mol. The minimum atomic E-state index is -0.268. The quantitative estimate of drug-likeness (QED) is 0.726. The van der Waals surface area contributed by atoms with Crippen LogP contribution in [0.2, 0.25) is 5.02 Å². The Bertz CT molecular complexity index is 801. The zero-order valence-electron chi connectivity index (χ0n) is 16.6. The number of aryl methyl sites for hydroxylation is 1. The zero-order valence-corrected chi connectivity index (χ0v) is 17.3. The maximum Gasteiger partial charge on any atom is 0.223 e. The maximum absolute atomic E-state index is 14.0. The number of piperidine rings is 1. The van der Waals surface area contributed by atoms with Crippen molar-refractivity contribution in [2.24, 2.45) is 5.92 Å². The smallest absolute Gasteiger partial charge is 0.223 e. The first-order valence-corrected chi connectivity index (χ1v) is 10.4. The second-order valence-electron chi connectivity index (χ2n) is 7.61. The number of benzene rings is 2. The van der Waals surface area contributed by atoms with E-state index in [1.54, 1.807) is 12.1 Å². The summed E-state index contributed by atoms with van der Waals surface area (Å²) in [5.74, 6) is -0.136. The van der Waals surface area contributed by atoms with Gasteiger partial charge in [-0.1, -0.05) is 48.9 Å². The topological polar surface area (TPSA) is 32.3 Å². The number of nitrogens with zero attached hydrogens (tertiary/aromatic N) is 1. The summed E-state index contributed by atoms with van der Waals surface area (Å²) in [4.78, 5) is 14.9. The highest BCUT2D eigenvalue weighted by molar-refractivity contribution is 6.30. The fourth-order valence-electron chi connectivity index (χ4n) is 3.70. The fourth-order valence-corrected chi connectivity index (χ4v) is 3.86. The lowest BCUT2D eigenvalue weighted by atomic mass is 9.94. The molecule has 0 radical (unpaired) electrons. The maximum atomic E-state index is 14.0. The summed E-state index contributed by atoms with van der Waals surface area (Å²) in [6.45, 7) is 6.29. The van der Waals surface area contributed by atoms with Gasteiger partial charge in [0.2, 0.25) is 5.91 Å². The molecule has 1 N–H and O–H groups in total. The summed E-state index contributed by atoms with van der Waals surface area (Å²) >= 11 is 5.82. The number of halogens is 2. The van der Waals surface area contributed by atoms with Gasteiger partial charge in [-0.25, -0.2) is 4.39 Å². The van der Waals surface area contributed by atoms with Crippen LogP contribution in [-0.4, -0.2) is 23.9 Å². The van der Waals surface area contributed by atoms with E-state index in [1.807, 2.05) is 6.92 Å². The molecule has 150 valence electrons. The van der Waals surface area contributed by atoms with Gasteiger partial charge >= 0.3 is 0 Å². The van der Waals surface area contributed by atoms with Gasteiger partial charge in [0.25, 0.3) is 0 Å². The van der Waals surface area contributed by atoms with Gasteiger partial charge in [-0.3, -0.25) is 9.69 Å². The van der Waals surface area contributed by atoms with Crippen molar-refractivity contribution < 1.29 is 9.18 Å². The Kier molecular flexibility index (Phi) is 7.08. The Labute approximate surface area is 171 Å². The van der Waals surface area contributed by atoms with Crippen molar-refractivity contribution in [1.82, 2.24) is 10.2 Å². The predicted octanol–water partition coefficient (Wildman–Crippen LogP) is 5.13. The molecule has 1 fully saturated rings. The molecule has 1 heterocycles. The molecule has 3 nitrogen and oxygen atoms in total. The summed E-state index contributed by atoms with van der Waals surface area (Å²) in [7, 11) is 0. The van der Waals surface area contributed by atoms with Crippen LogP contribution < -0.4 is 5.32 Å². The van der Waals surface area contributed by atoms with E-state index in [-0.39, 0.29) is 23.7 Å². The number of carbonyl (C=O) groups excluding carboxylic acids is 1. The number of carbonyl (C=O) groups is 1. The molecule has 0 aliphatic carbocycles. The summed E-state index contributed by atoms with van der Waals surface area (Å²) < 4.78 is 14.0. The van der Waals surface area contributed by atoms with Crippen molar-refractivity contribution in [3.63, 3.8) is 0 Å². The van der Waals surface area contributed by atoms with E-state index in [1.165, 1.54) is 11.6 Å². The van der Waals surface area contributed by atoms with Crippen LogP contribution in [0.25, 0.3) is 0 Å². The van der Waals surface area contributed by atoms with Crippen LogP contribution >= 0.6 is 11.6 Å². The van der Waals surface area contributed by atoms with E-state index in [2.05, 4.69) is 41.4 Å². The number of hydrogen-bond donors (Lipinski definition) is 1. The van der Waals surface area contributed by atoms with Gasteiger partial charge in [0.15, 0.2) is 0 Å². The highest BCUT2D eigenvalue weighted by Gasteiger charge is 2.26. The average Bonchev–Trinajstić information content (AvgIpc) is 2.70. The second-order valence-corrected chi connectivity index (χ2v) is 8.05. The first-order chi connectivity index (χ1) is 13.5. The Hall–Kier alpha value is -1.91. The Morgan fingerprint density at radius 2 is 1.89 bits per heavy atom. The first-order valence-electron chi connectivity index (χ1n) is 10.0. The molecule has 3 rings (SSSR count). The number of hydrogen-bond acceptors (Lipinski definition) is 2. The van der Waals surface area contributed by atoms with Crippen LogP contribution in [0, 0.1) is 11.7 Å². The van der Waals surface area contributed by atoms with E-state index >= 15 is 0 Å². The molecule has 28 heavy (non-hydrogen) atoms. The summed E-state index contributed by atoms with van der Waals surface area (Å²) in [5.41, 5.74) is 3.07. The molecule has 1 saturated heterocycles. The van der Waals surface area contributed by atoms with Gasteiger partial charge < -0.3 is 5.32 Å². The predicted molar refractivity (Wildman–Crippen MR) is 112 cm³/mol. The number of nitrogens with one attached hydrogen (secondary N) is 1. The molecule has 5 heteroatoms. The van der Waals surface area contributed by atoms with Gasteiger partial charge in [-0.2, -0.15) is 0 Å². The largest absolute Gasteiger partial charge is 0.349 e. The standard InChI is InChI=1S/C23H28ClFN2O/c1-3-17-4-6-18(7-5-17)16(2)26-23(28)19-10-12-27(13-11-19)15-20-8-9-21(24)14-22(20)25/h4-9,14,16,19H,3,10-13,15H2,1-2H3,(H,26,28). The third kappa shape index (κ3) is 5.33. The third-order valence-corrected chi connectivity index (χ3v) is 5.85. The van der Waals surface area contributed by atoms with Crippen molar-refractivity contribution in [1.29, 1.82) is 0 Å². The molecule has 0 saturated carbocycles. The van der Waals surface area contributed by atoms with E-state index < -0.39 is 0 Å². The van der Waals surface area contributed by atoms with Crippen molar-refractivity contribution >= 4 is 17.5 Å². The number of likely N-dealkylation sites (tertiary alicyclic amines) is 1. The number of rotatable bonds is 6. The highest BCUT2D eigenvalue weighted by atomic mass is 35.5. The lowest BCUT2D eigenvalue weighted by Crippen LogP contribution is -2.41. The molecule has 1 aliphatic heterocycles. The molecule has 2 aromatic carbocycles. The van der Waals surface area contributed by atoms with Crippen LogP contribution in [0.1, 0.15) is 49.4 Å². The average molecular weight is 403 g/mol. The lowest BCUT2D eigenvalue weighted by molar-refractivity contribution is -0.127. The Balaban J connectivity index is 1.49. The van der Waals surface area contributed by atoms with Crippen LogP contribution in [0.4, 0.5) is 4.39 Å². The Morgan fingerprint density at radius 3 is 2.50 bits per heavy atom. The first kappa shape index (κ1) is 20.8. The van der Waals surface area contributed by atoms with Crippen LogP contribution in [0.5, 0.6) is 0 Å². The van der Waals surface area contributed by atoms with E-state index in [9.17, 15) is 9.18 Å². The molecule has 0 spiro atoms. The SMILES string of the molecule is CCc1ccc(C(C)NC(=O)C2CCN(Cc3ccc(Cl)cc3F)CC2)cc1. The highest BCUT2D eigenvalue weighted by Crippen LogP contribution is 2.23. The lowest BCUT2D eigenvalue weighted by Gasteiger charge is -2.32. The van der Waals surface area contributed by atoms with Crippen molar-refractivity contribution in [3.05, 3.63) is 70.0 Å². The fraction of sp³-hybridized carbons (Fsp3) is 0.435. The van der Waals surface area contributed by atoms with E-state index in [4.69, 9.17) is 11.6 Å².